The van der Waals surface area contributed by atoms with Gasteiger partial charge in [-0.25, -0.2) is 15.0 Å². The zero-order valence-electron chi connectivity index (χ0n) is 29.8. The summed E-state index contributed by atoms with van der Waals surface area (Å²) in [5.41, 5.74) is 14.1. The van der Waals surface area contributed by atoms with E-state index >= 15 is 0 Å². The molecule has 0 bridgehead atoms. The molecule has 0 saturated heterocycles. The predicted octanol–water partition coefficient (Wildman–Crippen LogP) is 13.9. The number of nitrogens with zero attached hydrogens (tertiary/aromatic N) is 3. The van der Waals surface area contributed by atoms with E-state index in [4.69, 9.17) is 15.0 Å². The van der Waals surface area contributed by atoms with Crippen LogP contribution in [-0.2, 0) is 0 Å². The minimum absolute atomic E-state index is 0.709. The maximum absolute atomic E-state index is 5.08. The summed E-state index contributed by atoms with van der Waals surface area (Å²) in [5, 5.41) is 3.49. The fourth-order valence-electron chi connectivity index (χ4n) is 7.45. The lowest BCUT2D eigenvalue weighted by molar-refractivity contribution is 1.18. The van der Waals surface area contributed by atoms with Crippen molar-refractivity contribution in [3.05, 3.63) is 200 Å². The first-order valence-electron chi connectivity index (χ1n) is 18.4. The van der Waals surface area contributed by atoms with E-state index in [9.17, 15) is 0 Å². The predicted molar refractivity (Wildman–Crippen MR) is 231 cm³/mol. The molecular formula is C51H33N3S. The summed E-state index contributed by atoms with van der Waals surface area (Å²) in [6.07, 6.45) is 0. The smallest absolute Gasteiger partial charge is 0.160 e. The van der Waals surface area contributed by atoms with Crippen LogP contribution in [0, 0.1) is 0 Å². The molecule has 0 spiro atoms. The van der Waals surface area contributed by atoms with Crippen molar-refractivity contribution in [2.24, 2.45) is 0 Å². The second kappa shape index (κ2) is 14.1. The summed E-state index contributed by atoms with van der Waals surface area (Å²) in [4.78, 5) is 15.0. The first-order valence-corrected chi connectivity index (χ1v) is 19.3. The Morgan fingerprint density at radius 1 is 0.345 bits per heavy atom. The van der Waals surface area contributed by atoms with Crippen molar-refractivity contribution in [2.45, 2.75) is 0 Å². The van der Waals surface area contributed by atoms with Crippen molar-refractivity contribution in [3.8, 4) is 77.9 Å². The molecular weight excluding hydrogens is 687 g/mol. The van der Waals surface area contributed by atoms with Crippen molar-refractivity contribution < 1.29 is 0 Å². The summed E-state index contributed by atoms with van der Waals surface area (Å²) < 4.78 is 1.20. The number of aromatic nitrogens is 3. The van der Waals surface area contributed by atoms with E-state index in [-0.39, 0.29) is 0 Å². The summed E-state index contributed by atoms with van der Waals surface area (Å²) in [6.45, 7) is 0. The molecule has 0 N–H and O–H groups in total. The number of fused-ring (bicyclic) bond motifs is 2. The van der Waals surface area contributed by atoms with Crippen LogP contribution >= 0.6 is 11.3 Å². The van der Waals surface area contributed by atoms with Crippen molar-refractivity contribution in [1.29, 1.82) is 0 Å². The molecule has 2 aromatic heterocycles. The lowest BCUT2D eigenvalue weighted by atomic mass is 9.85. The Labute approximate surface area is 323 Å². The normalized spacial score (nSPS) is 11.3. The lowest BCUT2D eigenvalue weighted by Crippen LogP contribution is -1.96. The number of benzene rings is 8. The van der Waals surface area contributed by atoms with Gasteiger partial charge in [-0.1, -0.05) is 182 Å². The standard InChI is InChI=1S/C51H33N3S/c1-3-14-36(15-4-1)46-33-47(53-50(52-46)39-16-5-2-6-17-39)37-27-25-35(26-28-37)42-20-12-22-44(43-21-11-18-34-13-7-8-19-41(34)43)49(42)38-29-31-40(32-30-38)51-54-45-23-9-10-24-48(45)55-51/h1-33H. The van der Waals surface area contributed by atoms with Crippen molar-refractivity contribution >= 4 is 32.3 Å². The van der Waals surface area contributed by atoms with E-state index in [2.05, 4.69) is 158 Å². The summed E-state index contributed by atoms with van der Waals surface area (Å²) in [5.74, 6) is 0.709. The third-order valence-electron chi connectivity index (χ3n) is 10.2. The van der Waals surface area contributed by atoms with Gasteiger partial charge in [-0.3, -0.25) is 0 Å². The third-order valence-corrected chi connectivity index (χ3v) is 11.3. The maximum Gasteiger partial charge on any atom is 0.160 e. The van der Waals surface area contributed by atoms with E-state index < -0.39 is 0 Å². The molecule has 0 aliphatic carbocycles. The van der Waals surface area contributed by atoms with Crippen LogP contribution in [0.25, 0.3) is 98.8 Å². The van der Waals surface area contributed by atoms with Crippen LogP contribution in [0.4, 0.5) is 0 Å². The SMILES string of the molecule is c1ccc(-c2cc(-c3ccc(-c4cccc(-c5cccc6ccccc56)c4-c4ccc(-c5nc6ccccc6s5)cc4)cc3)nc(-c3ccccc3)n2)cc1. The Bertz CT molecular complexity index is 2860. The Morgan fingerprint density at radius 3 is 1.65 bits per heavy atom. The van der Waals surface area contributed by atoms with Gasteiger partial charge < -0.3 is 0 Å². The first kappa shape index (κ1) is 32.6. The minimum atomic E-state index is 0.709. The van der Waals surface area contributed by atoms with Crippen LogP contribution in [-0.4, -0.2) is 15.0 Å². The fourth-order valence-corrected chi connectivity index (χ4v) is 8.42. The Hall–Kier alpha value is -7.01. The molecule has 258 valence electrons. The van der Waals surface area contributed by atoms with E-state index in [0.29, 0.717) is 5.82 Å². The molecule has 0 radical (unpaired) electrons. The van der Waals surface area contributed by atoms with Gasteiger partial charge in [0.2, 0.25) is 0 Å². The molecule has 4 heteroatoms. The summed E-state index contributed by atoms with van der Waals surface area (Å²) in [6, 6.07) is 70.6. The highest BCUT2D eigenvalue weighted by molar-refractivity contribution is 7.21. The first-order chi connectivity index (χ1) is 27.2. The van der Waals surface area contributed by atoms with Crippen LogP contribution in [0.2, 0.25) is 0 Å². The number of para-hydroxylation sites is 1. The van der Waals surface area contributed by atoms with Gasteiger partial charge in [-0.05, 0) is 62.4 Å². The molecule has 0 unspecified atom stereocenters. The largest absolute Gasteiger partial charge is 0.236 e. The molecule has 0 atom stereocenters. The third kappa shape index (κ3) is 6.29. The minimum Gasteiger partial charge on any atom is -0.236 e. The molecule has 0 aliphatic rings. The number of hydrogen-bond acceptors (Lipinski definition) is 4. The zero-order chi connectivity index (χ0) is 36.6. The number of thiazole rings is 1. The average Bonchev–Trinajstić information content (AvgIpc) is 3.71. The molecule has 0 amide bonds. The molecule has 0 fully saturated rings. The maximum atomic E-state index is 5.08. The van der Waals surface area contributed by atoms with Gasteiger partial charge in [0.05, 0.1) is 21.6 Å². The van der Waals surface area contributed by atoms with Crippen LogP contribution in [0.1, 0.15) is 0 Å². The van der Waals surface area contributed by atoms with Crippen LogP contribution in [0.3, 0.4) is 0 Å². The van der Waals surface area contributed by atoms with Gasteiger partial charge >= 0.3 is 0 Å². The highest BCUT2D eigenvalue weighted by Gasteiger charge is 2.18. The van der Waals surface area contributed by atoms with Gasteiger partial charge in [0.25, 0.3) is 0 Å². The Balaban J connectivity index is 1.10. The molecule has 8 aromatic carbocycles. The highest BCUT2D eigenvalue weighted by atomic mass is 32.1. The quantitative estimate of drug-likeness (QED) is 0.165. The molecule has 2 heterocycles. The highest BCUT2D eigenvalue weighted by Crippen LogP contribution is 2.43. The van der Waals surface area contributed by atoms with Gasteiger partial charge in [0.15, 0.2) is 5.82 Å². The molecule has 10 aromatic rings. The summed E-state index contributed by atoms with van der Waals surface area (Å²) >= 11 is 1.73. The topological polar surface area (TPSA) is 38.7 Å². The van der Waals surface area contributed by atoms with E-state index in [1.165, 1.54) is 37.7 Å². The zero-order valence-corrected chi connectivity index (χ0v) is 30.6. The van der Waals surface area contributed by atoms with Crippen LogP contribution in [0.5, 0.6) is 0 Å². The monoisotopic (exact) mass is 719 g/mol. The molecule has 0 saturated carbocycles. The Kier molecular flexibility index (Phi) is 8.36. The van der Waals surface area contributed by atoms with E-state index in [0.717, 1.165) is 55.3 Å². The van der Waals surface area contributed by atoms with Crippen molar-refractivity contribution in [3.63, 3.8) is 0 Å². The van der Waals surface area contributed by atoms with Crippen LogP contribution < -0.4 is 0 Å². The second-order valence-corrected chi connectivity index (χ2v) is 14.6. The Morgan fingerprint density at radius 2 is 0.891 bits per heavy atom. The number of rotatable bonds is 7. The second-order valence-electron chi connectivity index (χ2n) is 13.6. The van der Waals surface area contributed by atoms with Gasteiger partial charge in [0, 0.05) is 22.3 Å². The van der Waals surface area contributed by atoms with Gasteiger partial charge in [-0.2, -0.15) is 0 Å². The summed E-state index contributed by atoms with van der Waals surface area (Å²) in [7, 11) is 0. The van der Waals surface area contributed by atoms with Crippen molar-refractivity contribution in [1.82, 2.24) is 15.0 Å². The average molecular weight is 720 g/mol. The van der Waals surface area contributed by atoms with Gasteiger partial charge in [0.1, 0.15) is 5.01 Å². The van der Waals surface area contributed by atoms with Crippen LogP contribution in [0.15, 0.2) is 200 Å². The molecule has 0 aliphatic heterocycles. The molecule has 10 rings (SSSR count). The molecule has 3 nitrogen and oxygen atoms in total. The van der Waals surface area contributed by atoms with E-state index in [1.54, 1.807) is 11.3 Å². The number of hydrogen-bond donors (Lipinski definition) is 0. The van der Waals surface area contributed by atoms with Crippen molar-refractivity contribution in [2.75, 3.05) is 0 Å². The fraction of sp³-hybridized carbons (Fsp3) is 0. The molecule has 55 heavy (non-hydrogen) atoms. The van der Waals surface area contributed by atoms with E-state index in [1.807, 2.05) is 42.5 Å². The van der Waals surface area contributed by atoms with Gasteiger partial charge in [-0.15, -0.1) is 11.3 Å². The lowest BCUT2D eigenvalue weighted by Gasteiger charge is -2.18.